The minimum atomic E-state index is -0.225. The van der Waals surface area contributed by atoms with Crippen LogP contribution in [0.3, 0.4) is 0 Å². The number of quaternary nitrogens is 1. The summed E-state index contributed by atoms with van der Waals surface area (Å²) in [6, 6.07) is 40.4. The van der Waals surface area contributed by atoms with Crippen molar-refractivity contribution in [1.82, 2.24) is 0 Å². The second-order valence-corrected chi connectivity index (χ2v) is 8.34. The third-order valence-corrected chi connectivity index (χ3v) is 5.46. The van der Waals surface area contributed by atoms with Crippen molar-refractivity contribution in [3.8, 4) is 0 Å². The minimum Gasteiger partial charge on any atom is -0.603 e. The predicted octanol–water partition coefficient (Wildman–Crippen LogP) is 8.97. The first-order valence-corrected chi connectivity index (χ1v) is 12.2. The summed E-state index contributed by atoms with van der Waals surface area (Å²) in [6.07, 6.45) is 0. The molecule has 9 heteroatoms. The van der Waals surface area contributed by atoms with Gasteiger partial charge in [0.05, 0.1) is 39.8 Å². The van der Waals surface area contributed by atoms with E-state index >= 15 is 0 Å². The molecule has 0 aromatic heterocycles. The molecule has 0 fully saturated rings. The Morgan fingerprint density at radius 3 is 1.08 bits per heavy atom. The van der Waals surface area contributed by atoms with Gasteiger partial charge >= 0.3 is 0 Å². The smallest absolute Gasteiger partial charge is 0.155 e. The van der Waals surface area contributed by atoms with Crippen molar-refractivity contribution in [3.63, 3.8) is 0 Å². The lowest BCUT2D eigenvalue weighted by atomic mass is 10.3. The highest BCUT2D eigenvalue weighted by Crippen LogP contribution is 2.24. The molecule has 0 bridgehead atoms. The molecule has 0 saturated carbocycles. The summed E-state index contributed by atoms with van der Waals surface area (Å²) in [4.78, 5) is 0. The maximum Gasteiger partial charge on any atom is 0.155 e. The lowest BCUT2D eigenvalue weighted by Gasteiger charge is -2.22. The lowest BCUT2D eigenvalue weighted by molar-refractivity contribution is -0.749. The first-order valence-electron chi connectivity index (χ1n) is 12.2. The van der Waals surface area contributed by atoms with Gasteiger partial charge in [-0.25, -0.2) is 10.6 Å². The fraction of sp³-hybridized carbons (Fsp3) is 0. The first-order chi connectivity index (χ1) is 19.2. The van der Waals surface area contributed by atoms with Gasteiger partial charge in [-0.3, -0.25) is 0 Å². The average Bonchev–Trinajstić information content (AvgIpc) is 3.00. The minimum absolute atomic E-state index is 0.225. The molecular weight excluding hydrogens is 488 g/mol. The van der Waals surface area contributed by atoms with Gasteiger partial charge in [-0.15, -0.1) is 0 Å². The van der Waals surface area contributed by atoms with Crippen LogP contribution >= 0.6 is 0 Å². The van der Waals surface area contributed by atoms with Crippen molar-refractivity contribution in [2.45, 2.75) is 0 Å². The van der Waals surface area contributed by atoms with E-state index in [4.69, 9.17) is 0 Å². The number of hydrogen-bond donors (Lipinski definition) is 2. The molecule has 2 N–H and O–H groups in total. The SMILES string of the molecule is [O-][NH+](Nc1ccc(N=Nc2ccccc2)cc1)c1ccc(N=Nc2ccc(N=Nc3ccccc3)cc2)cc1. The van der Waals surface area contributed by atoms with Crippen molar-refractivity contribution >= 4 is 45.5 Å². The van der Waals surface area contributed by atoms with Gasteiger partial charge < -0.3 is 5.21 Å². The van der Waals surface area contributed by atoms with Gasteiger partial charge in [0.15, 0.2) is 5.69 Å². The Hall–Kier alpha value is -5.38. The predicted molar refractivity (Wildman–Crippen MR) is 152 cm³/mol. The summed E-state index contributed by atoms with van der Waals surface area (Å²) in [5, 5.41) is 37.8. The molecule has 5 aromatic rings. The normalized spacial score (nSPS) is 12.3. The zero-order chi connectivity index (χ0) is 26.7. The molecule has 0 aliphatic heterocycles. The van der Waals surface area contributed by atoms with Crippen LogP contribution < -0.4 is 10.6 Å². The molecule has 1 unspecified atom stereocenters. The zero-order valence-electron chi connectivity index (χ0n) is 20.8. The third-order valence-electron chi connectivity index (χ3n) is 5.46. The number of anilines is 1. The van der Waals surface area contributed by atoms with Gasteiger partial charge in [-0.05, 0) is 84.9 Å². The van der Waals surface area contributed by atoms with Crippen molar-refractivity contribution in [2.75, 3.05) is 5.43 Å². The van der Waals surface area contributed by atoms with Gasteiger partial charge in [0.1, 0.15) is 0 Å². The van der Waals surface area contributed by atoms with Crippen LogP contribution in [0.15, 0.2) is 164 Å². The molecule has 0 heterocycles. The highest BCUT2D eigenvalue weighted by atomic mass is 16.5. The van der Waals surface area contributed by atoms with Gasteiger partial charge in [-0.2, -0.15) is 30.7 Å². The maximum absolute atomic E-state index is 12.7. The number of nitrogens with one attached hydrogen (secondary N) is 2. The Bertz CT molecular complexity index is 1550. The summed E-state index contributed by atoms with van der Waals surface area (Å²) < 4.78 is 0. The molecule has 0 spiro atoms. The highest BCUT2D eigenvalue weighted by molar-refractivity contribution is 5.51. The second kappa shape index (κ2) is 12.7. The monoisotopic (exact) mass is 512 g/mol. The Morgan fingerprint density at radius 1 is 0.385 bits per heavy atom. The van der Waals surface area contributed by atoms with E-state index in [0.717, 1.165) is 17.1 Å². The molecule has 0 radical (unpaired) electrons. The standard InChI is InChI=1S/C30H24N8O/c39-38(37-29-17-15-27(16-18-29)34-32-24-9-5-2-6-10-24)30-21-19-28(20-22-30)36-35-26-13-11-25(12-14-26)33-31-23-7-3-1-4-8-23/h1-22,37-38H. The van der Waals surface area contributed by atoms with Gasteiger partial charge in [0.2, 0.25) is 0 Å². The quantitative estimate of drug-likeness (QED) is 0.152. The Labute approximate surface area is 225 Å². The van der Waals surface area contributed by atoms with Crippen LogP contribution in [0.5, 0.6) is 0 Å². The molecule has 9 nitrogen and oxygen atoms in total. The van der Waals surface area contributed by atoms with E-state index in [-0.39, 0.29) is 5.17 Å². The first kappa shape index (κ1) is 25.3. The fourth-order valence-corrected chi connectivity index (χ4v) is 3.42. The molecule has 5 aromatic carbocycles. The van der Waals surface area contributed by atoms with E-state index in [1.807, 2.05) is 84.9 Å². The highest BCUT2D eigenvalue weighted by Gasteiger charge is 2.04. The van der Waals surface area contributed by atoms with E-state index in [2.05, 4.69) is 36.1 Å². The molecule has 5 rings (SSSR count). The van der Waals surface area contributed by atoms with Crippen LogP contribution in [-0.2, 0) is 0 Å². The summed E-state index contributed by atoms with van der Waals surface area (Å²) in [6.45, 7) is 0. The van der Waals surface area contributed by atoms with E-state index in [1.165, 1.54) is 0 Å². The lowest BCUT2D eigenvalue weighted by Crippen LogP contribution is -3.05. The summed E-state index contributed by atoms with van der Waals surface area (Å²) >= 11 is 0. The van der Waals surface area contributed by atoms with Gasteiger partial charge in [0.25, 0.3) is 0 Å². The van der Waals surface area contributed by atoms with Crippen molar-refractivity contribution < 1.29 is 5.17 Å². The number of rotatable bonds is 9. The van der Waals surface area contributed by atoms with E-state index in [9.17, 15) is 5.21 Å². The molecule has 0 amide bonds. The zero-order valence-corrected chi connectivity index (χ0v) is 20.8. The van der Waals surface area contributed by atoms with Crippen LogP contribution in [-0.4, -0.2) is 0 Å². The number of hydrogen-bond acceptors (Lipinski definition) is 8. The summed E-state index contributed by atoms with van der Waals surface area (Å²) in [7, 11) is 0. The fourth-order valence-electron chi connectivity index (χ4n) is 3.42. The van der Waals surface area contributed by atoms with Crippen LogP contribution in [0, 0.1) is 5.21 Å². The third kappa shape index (κ3) is 7.56. The van der Waals surface area contributed by atoms with Crippen molar-refractivity contribution in [3.05, 3.63) is 139 Å². The summed E-state index contributed by atoms with van der Waals surface area (Å²) in [5.41, 5.74) is 8.35. The van der Waals surface area contributed by atoms with Crippen molar-refractivity contribution in [1.29, 1.82) is 0 Å². The molecule has 1 atom stereocenters. The second-order valence-electron chi connectivity index (χ2n) is 8.34. The van der Waals surface area contributed by atoms with Gasteiger partial charge in [0, 0.05) is 12.1 Å². The van der Waals surface area contributed by atoms with E-state index in [0.29, 0.717) is 28.4 Å². The number of benzene rings is 5. The molecular formula is C30H24N8O. The Balaban J connectivity index is 1.14. The van der Waals surface area contributed by atoms with Crippen LogP contribution in [0.4, 0.5) is 45.5 Å². The molecule has 39 heavy (non-hydrogen) atoms. The topological polar surface area (TPSA) is 114 Å². The molecule has 0 aliphatic rings. The van der Waals surface area contributed by atoms with E-state index in [1.54, 1.807) is 48.5 Å². The van der Waals surface area contributed by atoms with Crippen molar-refractivity contribution in [2.24, 2.45) is 30.7 Å². The largest absolute Gasteiger partial charge is 0.603 e. The Morgan fingerprint density at radius 2 is 0.692 bits per heavy atom. The van der Waals surface area contributed by atoms with Crippen LogP contribution in [0.1, 0.15) is 0 Å². The number of azo groups is 3. The van der Waals surface area contributed by atoms with Crippen LogP contribution in [0.2, 0.25) is 0 Å². The molecule has 0 aliphatic carbocycles. The molecule has 190 valence electrons. The van der Waals surface area contributed by atoms with Gasteiger partial charge in [-0.1, -0.05) is 36.4 Å². The van der Waals surface area contributed by atoms with E-state index < -0.39 is 0 Å². The van der Waals surface area contributed by atoms with Crippen LogP contribution in [0.25, 0.3) is 0 Å². The molecule has 0 saturated heterocycles. The number of nitrogens with zero attached hydrogens (tertiary/aromatic N) is 6. The average molecular weight is 513 g/mol. The Kier molecular flexibility index (Phi) is 8.25. The maximum atomic E-state index is 12.7. The summed E-state index contributed by atoms with van der Waals surface area (Å²) in [5.74, 6) is 0.